The smallest absolute Gasteiger partial charge is 0.163 e. The van der Waals surface area contributed by atoms with Crippen molar-refractivity contribution in [1.82, 2.24) is 9.97 Å². The lowest BCUT2D eigenvalue weighted by Crippen LogP contribution is -2.10. The summed E-state index contributed by atoms with van der Waals surface area (Å²) in [5, 5.41) is 0.599. The zero-order chi connectivity index (χ0) is 12.4. The molecule has 0 bridgehead atoms. The molecule has 0 amide bonds. The lowest BCUT2D eigenvalue weighted by atomic mass is 10.2. The zero-order valence-corrected chi connectivity index (χ0v) is 11.4. The predicted octanol–water partition coefficient (Wildman–Crippen LogP) is 3.15. The molecule has 0 saturated heterocycles. The number of hydrogen-bond acceptors (Lipinski definition) is 4. The second-order valence-electron chi connectivity index (χ2n) is 3.49. The summed E-state index contributed by atoms with van der Waals surface area (Å²) in [7, 11) is 0. The Balaban J connectivity index is 2.59. The van der Waals surface area contributed by atoms with Crippen LogP contribution < -0.4 is 11.3 Å². The minimum absolute atomic E-state index is 0.546. The van der Waals surface area contributed by atoms with Crippen molar-refractivity contribution >= 4 is 33.3 Å². The van der Waals surface area contributed by atoms with Crippen LogP contribution in [0.5, 0.6) is 0 Å². The van der Waals surface area contributed by atoms with Crippen molar-refractivity contribution in [3.05, 3.63) is 39.5 Å². The lowest BCUT2D eigenvalue weighted by molar-refractivity contribution is 1.09. The number of hydrazine groups is 1. The van der Waals surface area contributed by atoms with Gasteiger partial charge in [0.05, 0.1) is 5.02 Å². The first-order valence-corrected chi connectivity index (χ1v) is 6.05. The van der Waals surface area contributed by atoms with Crippen molar-refractivity contribution in [3.63, 3.8) is 0 Å². The minimum atomic E-state index is 0.546. The third kappa shape index (κ3) is 2.74. The number of hydrogen-bond donors (Lipinski definition) is 2. The van der Waals surface area contributed by atoms with Gasteiger partial charge in [-0.25, -0.2) is 15.8 Å². The summed E-state index contributed by atoms with van der Waals surface area (Å²) in [6.07, 6.45) is 0. The quantitative estimate of drug-likeness (QED) is 0.660. The van der Waals surface area contributed by atoms with Crippen molar-refractivity contribution < 1.29 is 0 Å². The molecule has 1 heterocycles. The third-order valence-electron chi connectivity index (χ3n) is 2.17. The number of aromatic nitrogens is 2. The van der Waals surface area contributed by atoms with Crippen molar-refractivity contribution in [2.75, 3.05) is 5.43 Å². The van der Waals surface area contributed by atoms with Crippen LogP contribution in [0, 0.1) is 6.92 Å². The molecule has 2 rings (SSSR count). The fourth-order valence-electron chi connectivity index (χ4n) is 1.43. The maximum absolute atomic E-state index is 6.13. The van der Waals surface area contributed by atoms with Gasteiger partial charge >= 0.3 is 0 Å². The van der Waals surface area contributed by atoms with Gasteiger partial charge in [0.15, 0.2) is 5.82 Å². The molecule has 1 aromatic heterocycles. The lowest BCUT2D eigenvalue weighted by Gasteiger charge is -2.07. The first-order valence-electron chi connectivity index (χ1n) is 4.88. The van der Waals surface area contributed by atoms with Gasteiger partial charge in [0.1, 0.15) is 5.82 Å². The number of benzene rings is 1. The van der Waals surface area contributed by atoms with Gasteiger partial charge in [0, 0.05) is 21.8 Å². The van der Waals surface area contributed by atoms with Gasteiger partial charge in [-0.2, -0.15) is 0 Å². The normalized spacial score (nSPS) is 10.4. The van der Waals surface area contributed by atoms with Gasteiger partial charge in [0.2, 0.25) is 0 Å². The highest BCUT2D eigenvalue weighted by Gasteiger charge is 2.09. The van der Waals surface area contributed by atoms with Crippen molar-refractivity contribution in [2.45, 2.75) is 6.92 Å². The van der Waals surface area contributed by atoms with Gasteiger partial charge in [-0.05, 0) is 25.1 Å². The summed E-state index contributed by atoms with van der Waals surface area (Å²) < 4.78 is 0.921. The molecule has 2 aromatic rings. The number of aryl methyl sites for hydroxylation is 1. The molecule has 1 aromatic carbocycles. The van der Waals surface area contributed by atoms with Crippen LogP contribution >= 0.6 is 27.5 Å². The van der Waals surface area contributed by atoms with Crippen LogP contribution in [0.15, 0.2) is 28.7 Å². The summed E-state index contributed by atoms with van der Waals surface area (Å²) in [6.45, 7) is 1.87. The Morgan fingerprint density at radius 3 is 2.76 bits per heavy atom. The first kappa shape index (κ1) is 12.3. The molecule has 0 radical (unpaired) electrons. The fraction of sp³-hybridized carbons (Fsp3) is 0.0909. The maximum Gasteiger partial charge on any atom is 0.163 e. The molecule has 0 aliphatic rings. The molecule has 88 valence electrons. The first-order chi connectivity index (χ1) is 8.10. The summed E-state index contributed by atoms with van der Waals surface area (Å²) in [5.41, 5.74) is 4.09. The van der Waals surface area contributed by atoms with E-state index in [1.54, 1.807) is 12.1 Å². The fourth-order valence-corrected chi connectivity index (χ4v) is 1.99. The van der Waals surface area contributed by atoms with Crippen molar-refractivity contribution in [3.8, 4) is 11.4 Å². The highest BCUT2D eigenvalue weighted by molar-refractivity contribution is 9.10. The molecule has 0 atom stereocenters. The van der Waals surface area contributed by atoms with Crippen LogP contribution in [0.2, 0.25) is 5.02 Å². The Labute approximate surface area is 112 Å². The Kier molecular flexibility index (Phi) is 3.61. The number of nitrogen functional groups attached to an aromatic ring is 1. The van der Waals surface area contributed by atoms with Crippen LogP contribution in [0.4, 0.5) is 5.82 Å². The number of nitrogens with zero attached hydrogens (tertiary/aromatic N) is 2. The zero-order valence-electron chi connectivity index (χ0n) is 9.04. The van der Waals surface area contributed by atoms with E-state index >= 15 is 0 Å². The topological polar surface area (TPSA) is 63.8 Å². The molecule has 6 heteroatoms. The Morgan fingerprint density at radius 2 is 2.06 bits per heavy atom. The molecular formula is C11H10BrClN4. The largest absolute Gasteiger partial charge is 0.308 e. The van der Waals surface area contributed by atoms with Crippen molar-refractivity contribution in [1.29, 1.82) is 0 Å². The summed E-state index contributed by atoms with van der Waals surface area (Å²) in [6, 6.07) is 7.29. The summed E-state index contributed by atoms with van der Waals surface area (Å²) >= 11 is 9.52. The molecular weight excluding hydrogens is 304 g/mol. The highest BCUT2D eigenvalue weighted by Crippen LogP contribution is 2.29. The average molecular weight is 314 g/mol. The number of rotatable bonds is 2. The van der Waals surface area contributed by atoms with Crippen molar-refractivity contribution in [2.24, 2.45) is 5.84 Å². The second kappa shape index (κ2) is 5.00. The van der Waals surface area contributed by atoms with E-state index < -0.39 is 0 Å². The average Bonchev–Trinajstić information content (AvgIpc) is 2.31. The van der Waals surface area contributed by atoms with Crippen LogP contribution in [-0.4, -0.2) is 9.97 Å². The van der Waals surface area contributed by atoms with Crippen LogP contribution in [0.3, 0.4) is 0 Å². The third-order valence-corrected chi connectivity index (χ3v) is 2.99. The summed E-state index contributed by atoms with van der Waals surface area (Å²) in [5.74, 6) is 6.46. The van der Waals surface area contributed by atoms with E-state index in [1.165, 1.54) is 0 Å². The van der Waals surface area contributed by atoms with E-state index in [0.29, 0.717) is 16.7 Å². The van der Waals surface area contributed by atoms with Crippen LogP contribution in [0.25, 0.3) is 11.4 Å². The van der Waals surface area contributed by atoms with Gasteiger partial charge < -0.3 is 5.43 Å². The van der Waals surface area contributed by atoms with E-state index in [0.717, 1.165) is 15.7 Å². The van der Waals surface area contributed by atoms with Crippen LogP contribution in [-0.2, 0) is 0 Å². The van der Waals surface area contributed by atoms with E-state index in [2.05, 4.69) is 31.3 Å². The van der Waals surface area contributed by atoms with E-state index in [9.17, 15) is 0 Å². The predicted molar refractivity (Wildman–Crippen MR) is 72.7 cm³/mol. The highest BCUT2D eigenvalue weighted by atomic mass is 79.9. The van der Waals surface area contributed by atoms with Gasteiger partial charge in [-0.1, -0.05) is 27.5 Å². The standard InChI is InChI=1S/C11H10BrClN4/c1-6-4-10(17-14)16-11(15-6)8-5-7(12)2-3-9(8)13/h2-5H,14H2,1H3,(H,15,16,17). The number of halogens is 2. The van der Waals surface area contributed by atoms with E-state index in [4.69, 9.17) is 17.4 Å². The molecule has 0 unspecified atom stereocenters. The van der Waals surface area contributed by atoms with Crippen LogP contribution in [0.1, 0.15) is 5.69 Å². The van der Waals surface area contributed by atoms with Gasteiger partial charge in [-0.15, -0.1) is 0 Å². The number of anilines is 1. The van der Waals surface area contributed by atoms with E-state index in [1.807, 2.05) is 19.1 Å². The summed E-state index contributed by atoms with van der Waals surface area (Å²) in [4.78, 5) is 8.61. The van der Waals surface area contributed by atoms with E-state index in [-0.39, 0.29) is 0 Å². The molecule has 0 saturated carbocycles. The number of nitrogens with two attached hydrogens (primary N) is 1. The molecule has 4 nitrogen and oxygen atoms in total. The molecule has 0 fully saturated rings. The molecule has 0 spiro atoms. The molecule has 0 aliphatic carbocycles. The van der Waals surface area contributed by atoms with Gasteiger partial charge in [-0.3, -0.25) is 0 Å². The molecule has 0 aliphatic heterocycles. The van der Waals surface area contributed by atoms with Gasteiger partial charge in [0.25, 0.3) is 0 Å². The SMILES string of the molecule is Cc1cc(NN)nc(-c2cc(Br)ccc2Cl)n1. The Bertz CT molecular complexity index is 559. The molecule has 17 heavy (non-hydrogen) atoms. The maximum atomic E-state index is 6.13. The monoisotopic (exact) mass is 312 g/mol. The molecule has 3 N–H and O–H groups in total. The minimum Gasteiger partial charge on any atom is -0.308 e. The second-order valence-corrected chi connectivity index (χ2v) is 4.81. The number of nitrogens with one attached hydrogen (secondary N) is 1. The Hall–Kier alpha value is -1.17. The Morgan fingerprint density at radius 1 is 1.29 bits per heavy atom.